The van der Waals surface area contributed by atoms with Crippen molar-refractivity contribution < 1.29 is 0 Å². The molecule has 0 aliphatic rings. The molecule has 0 fully saturated rings. The van der Waals surface area contributed by atoms with Gasteiger partial charge in [-0.2, -0.15) is 0 Å². The third kappa shape index (κ3) is 0.863. The SMILES string of the molecule is CNc1c(C)cnc2[nH]ccc12. The molecule has 0 amide bonds. The van der Waals surface area contributed by atoms with Crippen molar-refractivity contribution >= 4 is 16.7 Å². The Bertz CT molecular complexity index is 403. The molecule has 0 saturated carbocycles. The van der Waals surface area contributed by atoms with E-state index >= 15 is 0 Å². The van der Waals surface area contributed by atoms with Gasteiger partial charge in [-0.1, -0.05) is 0 Å². The minimum atomic E-state index is 0.935. The Hall–Kier alpha value is -1.51. The summed E-state index contributed by atoms with van der Waals surface area (Å²) in [5, 5.41) is 4.31. The van der Waals surface area contributed by atoms with Crippen molar-refractivity contribution in [2.45, 2.75) is 6.92 Å². The summed E-state index contributed by atoms with van der Waals surface area (Å²) in [4.78, 5) is 7.32. The Morgan fingerprint density at radius 3 is 3.08 bits per heavy atom. The lowest BCUT2D eigenvalue weighted by molar-refractivity contribution is 1.28. The first-order chi connectivity index (χ1) is 5.83. The van der Waals surface area contributed by atoms with Crippen LogP contribution in [-0.4, -0.2) is 17.0 Å². The van der Waals surface area contributed by atoms with E-state index in [-0.39, 0.29) is 0 Å². The summed E-state index contributed by atoms with van der Waals surface area (Å²) in [7, 11) is 1.93. The Labute approximate surface area is 70.8 Å². The maximum atomic E-state index is 4.25. The van der Waals surface area contributed by atoms with Crippen LogP contribution in [0.1, 0.15) is 5.56 Å². The Balaban J connectivity index is 2.83. The fraction of sp³-hybridized carbons (Fsp3) is 0.222. The molecule has 2 rings (SSSR count). The van der Waals surface area contributed by atoms with Crippen LogP contribution in [0.2, 0.25) is 0 Å². The molecule has 3 heteroatoms. The minimum absolute atomic E-state index is 0.935. The highest BCUT2D eigenvalue weighted by atomic mass is 14.9. The van der Waals surface area contributed by atoms with Crippen molar-refractivity contribution in [1.29, 1.82) is 0 Å². The standard InChI is InChI=1S/C9H11N3/c1-6-5-12-9-7(3-4-11-9)8(6)10-2/h3-5H,1-2H3,(H2,10,11,12). The first-order valence-electron chi connectivity index (χ1n) is 3.93. The Morgan fingerprint density at radius 1 is 1.50 bits per heavy atom. The zero-order valence-corrected chi connectivity index (χ0v) is 7.18. The van der Waals surface area contributed by atoms with Gasteiger partial charge in [-0.05, 0) is 18.6 Å². The van der Waals surface area contributed by atoms with E-state index in [1.165, 1.54) is 5.56 Å². The molecule has 2 N–H and O–H groups in total. The van der Waals surface area contributed by atoms with Crippen LogP contribution in [0.15, 0.2) is 18.5 Å². The third-order valence-corrected chi connectivity index (χ3v) is 2.03. The number of hydrogen-bond acceptors (Lipinski definition) is 2. The molecule has 0 atom stereocenters. The van der Waals surface area contributed by atoms with Gasteiger partial charge in [0.15, 0.2) is 0 Å². The van der Waals surface area contributed by atoms with Crippen LogP contribution < -0.4 is 5.32 Å². The predicted molar refractivity (Wildman–Crippen MR) is 50.4 cm³/mol. The molecule has 0 saturated heterocycles. The van der Waals surface area contributed by atoms with E-state index in [9.17, 15) is 0 Å². The molecule has 0 unspecified atom stereocenters. The highest BCUT2D eigenvalue weighted by Gasteiger charge is 2.03. The van der Waals surface area contributed by atoms with E-state index in [2.05, 4.69) is 15.3 Å². The fourth-order valence-corrected chi connectivity index (χ4v) is 1.44. The maximum Gasteiger partial charge on any atom is 0.139 e. The van der Waals surface area contributed by atoms with Crippen LogP contribution >= 0.6 is 0 Å². The van der Waals surface area contributed by atoms with Gasteiger partial charge < -0.3 is 10.3 Å². The van der Waals surface area contributed by atoms with Crippen molar-refractivity contribution in [2.75, 3.05) is 12.4 Å². The van der Waals surface area contributed by atoms with E-state index in [1.54, 1.807) is 0 Å². The van der Waals surface area contributed by atoms with E-state index in [0.29, 0.717) is 0 Å². The highest BCUT2D eigenvalue weighted by Crippen LogP contribution is 2.23. The molecule has 2 heterocycles. The highest BCUT2D eigenvalue weighted by molar-refractivity contribution is 5.90. The summed E-state index contributed by atoms with van der Waals surface area (Å²) in [6, 6.07) is 2.03. The van der Waals surface area contributed by atoms with Crippen molar-refractivity contribution in [2.24, 2.45) is 0 Å². The number of rotatable bonds is 1. The second kappa shape index (κ2) is 2.52. The summed E-state index contributed by atoms with van der Waals surface area (Å²) in [5.74, 6) is 0. The predicted octanol–water partition coefficient (Wildman–Crippen LogP) is 1.91. The van der Waals surface area contributed by atoms with Crippen LogP contribution in [0.25, 0.3) is 11.0 Å². The maximum absolute atomic E-state index is 4.25. The van der Waals surface area contributed by atoms with Gasteiger partial charge >= 0.3 is 0 Å². The molecule has 2 aromatic heterocycles. The Morgan fingerprint density at radius 2 is 2.33 bits per heavy atom. The zero-order chi connectivity index (χ0) is 8.55. The second-order valence-electron chi connectivity index (χ2n) is 2.81. The molecule has 0 radical (unpaired) electrons. The Kier molecular flexibility index (Phi) is 1.50. The lowest BCUT2D eigenvalue weighted by atomic mass is 10.2. The smallest absolute Gasteiger partial charge is 0.139 e. The molecule has 2 aromatic rings. The quantitative estimate of drug-likeness (QED) is 0.670. The summed E-state index contributed by atoms with van der Waals surface area (Å²) >= 11 is 0. The number of pyridine rings is 1. The van der Waals surface area contributed by atoms with Gasteiger partial charge in [0, 0.05) is 30.5 Å². The van der Waals surface area contributed by atoms with Gasteiger partial charge in [0.05, 0.1) is 0 Å². The molecule has 62 valence electrons. The number of nitrogens with one attached hydrogen (secondary N) is 2. The van der Waals surface area contributed by atoms with Gasteiger partial charge in [-0.25, -0.2) is 4.98 Å². The summed E-state index contributed by atoms with van der Waals surface area (Å²) in [6.07, 6.45) is 3.77. The van der Waals surface area contributed by atoms with Crippen molar-refractivity contribution in [3.05, 3.63) is 24.0 Å². The summed E-state index contributed by atoms with van der Waals surface area (Å²) in [6.45, 7) is 2.05. The van der Waals surface area contributed by atoms with Crippen LogP contribution in [0.4, 0.5) is 5.69 Å². The molecule has 0 bridgehead atoms. The van der Waals surface area contributed by atoms with E-state index in [1.807, 2.05) is 32.4 Å². The summed E-state index contributed by atoms with van der Waals surface area (Å²) < 4.78 is 0. The van der Waals surface area contributed by atoms with Crippen molar-refractivity contribution in [3.8, 4) is 0 Å². The number of aromatic amines is 1. The number of fused-ring (bicyclic) bond motifs is 1. The van der Waals surface area contributed by atoms with Gasteiger partial charge in [0.25, 0.3) is 0 Å². The number of H-pyrrole nitrogens is 1. The first-order valence-corrected chi connectivity index (χ1v) is 3.93. The molecule has 0 spiro atoms. The van der Waals surface area contributed by atoms with Gasteiger partial charge in [0.2, 0.25) is 0 Å². The normalized spacial score (nSPS) is 10.5. The fourth-order valence-electron chi connectivity index (χ4n) is 1.44. The van der Waals surface area contributed by atoms with Gasteiger partial charge in [-0.3, -0.25) is 0 Å². The molecule has 0 aromatic carbocycles. The average Bonchev–Trinajstić information content (AvgIpc) is 2.52. The average molecular weight is 161 g/mol. The molecular formula is C9H11N3. The van der Waals surface area contributed by atoms with Crippen LogP contribution in [0, 0.1) is 6.92 Å². The number of nitrogens with zero attached hydrogens (tertiary/aromatic N) is 1. The van der Waals surface area contributed by atoms with Gasteiger partial charge in [0.1, 0.15) is 5.65 Å². The number of aromatic nitrogens is 2. The topological polar surface area (TPSA) is 40.7 Å². The lowest BCUT2D eigenvalue weighted by Gasteiger charge is -2.04. The first kappa shape index (κ1) is 7.16. The van der Waals surface area contributed by atoms with Crippen molar-refractivity contribution in [3.63, 3.8) is 0 Å². The minimum Gasteiger partial charge on any atom is -0.387 e. The monoisotopic (exact) mass is 161 g/mol. The molecule has 3 nitrogen and oxygen atoms in total. The molecule has 0 aliphatic carbocycles. The largest absolute Gasteiger partial charge is 0.387 e. The zero-order valence-electron chi connectivity index (χ0n) is 7.18. The lowest BCUT2D eigenvalue weighted by Crippen LogP contribution is -1.93. The number of aryl methyl sites for hydroxylation is 1. The van der Waals surface area contributed by atoms with Crippen LogP contribution in [0.3, 0.4) is 0 Å². The number of hydrogen-bond donors (Lipinski definition) is 2. The van der Waals surface area contributed by atoms with Crippen LogP contribution in [-0.2, 0) is 0 Å². The summed E-state index contributed by atoms with van der Waals surface area (Å²) in [5.41, 5.74) is 3.26. The molecule has 0 aliphatic heterocycles. The third-order valence-electron chi connectivity index (χ3n) is 2.03. The molecule has 12 heavy (non-hydrogen) atoms. The van der Waals surface area contributed by atoms with E-state index < -0.39 is 0 Å². The number of anilines is 1. The second-order valence-corrected chi connectivity index (χ2v) is 2.81. The van der Waals surface area contributed by atoms with Crippen LogP contribution in [0.5, 0.6) is 0 Å². The van der Waals surface area contributed by atoms with Gasteiger partial charge in [-0.15, -0.1) is 0 Å². The van der Waals surface area contributed by atoms with E-state index in [4.69, 9.17) is 0 Å². The van der Waals surface area contributed by atoms with E-state index in [0.717, 1.165) is 16.7 Å². The molecular weight excluding hydrogens is 150 g/mol. The van der Waals surface area contributed by atoms with Crippen molar-refractivity contribution in [1.82, 2.24) is 9.97 Å².